The van der Waals surface area contributed by atoms with Gasteiger partial charge in [-0.3, -0.25) is 4.99 Å². The Kier molecular flexibility index (Phi) is 7.38. The zero-order valence-corrected chi connectivity index (χ0v) is 15.7. The molecule has 22 heavy (non-hydrogen) atoms. The first kappa shape index (κ1) is 18.5. The van der Waals surface area contributed by atoms with E-state index in [-0.39, 0.29) is 24.0 Å². The molecule has 0 bridgehead atoms. The predicted molar refractivity (Wildman–Crippen MR) is 106 cm³/mol. The first-order chi connectivity index (χ1) is 10.1. The molecular weight excluding hydrogens is 385 g/mol. The number of benzene rings is 2. The smallest absolute Gasteiger partial charge is 0.193 e. The number of aryl methyl sites for hydroxylation is 3. The van der Waals surface area contributed by atoms with Gasteiger partial charge in [0.15, 0.2) is 5.96 Å². The highest BCUT2D eigenvalue weighted by Crippen LogP contribution is 2.13. The van der Waals surface area contributed by atoms with Crippen LogP contribution in [-0.4, -0.2) is 12.5 Å². The topological polar surface area (TPSA) is 50.4 Å². The van der Waals surface area contributed by atoms with E-state index in [0.717, 1.165) is 12.1 Å². The molecule has 0 heterocycles. The molecule has 0 unspecified atom stereocenters. The maximum atomic E-state index is 5.93. The minimum Gasteiger partial charge on any atom is -0.370 e. The summed E-state index contributed by atoms with van der Waals surface area (Å²) in [5, 5.41) is 3.14. The molecule has 0 aliphatic heterocycles. The monoisotopic (exact) mass is 409 g/mol. The van der Waals surface area contributed by atoms with Gasteiger partial charge in [-0.15, -0.1) is 24.0 Å². The number of rotatable bonds is 4. The van der Waals surface area contributed by atoms with Crippen LogP contribution >= 0.6 is 24.0 Å². The highest BCUT2D eigenvalue weighted by atomic mass is 127. The number of nitrogens with two attached hydrogens (primary N) is 1. The zero-order valence-electron chi connectivity index (χ0n) is 13.4. The number of guanidine groups is 1. The van der Waals surface area contributed by atoms with Gasteiger partial charge in [0.25, 0.3) is 0 Å². The van der Waals surface area contributed by atoms with Crippen molar-refractivity contribution in [2.75, 3.05) is 11.9 Å². The van der Waals surface area contributed by atoms with Crippen molar-refractivity contribution in [1.82, 2.24) is 0 Å². The van der Waals surface area contributed by atoms with Crippen molar-refractivity contribution in [3.05, 3.63) is 64.7 Å². The van der Waals surface area contributed by atoms with E-state index in [1.807, 2.05) is 6.07 Å². The van der Waals surface area contributed by atoms with Crippen LogP contribution in [0.2, 0.25) is 0 Å². The van der Waals surface area contributed by atoms with Gasteiger partial charge in [0.1, 0.15) is 0 Å². The Morgan fingerprint density at radius 3 is 2.41 bits per heavy atom. The van der Waals surface area contributed by atoms with Gasteiger partial charge >= 0.3 is 0 Å². The minimum atomic E-state index is 0. The van der Waals surface area contributed by atoms with E-state index in [4.69, 9.17) is 5.73 Å². The van der Waals surface area contributed by atoms with E-state index in [0.29, 0.717) is 12.5 Å². The highest BCUT2D eigenvalue weighted by molar-refractivity contribution is 14.0. The Hall–Kier alpha value is -1.56. The first-order valence-electron chi connectivity index (χ1n) is 7.25. The van der Waals surface area contributed by atoms with Crippen LogP contribution in [0.25, 0.3) is 0 Å². The summed E-state index contributed by atoms with van der Waals surface area (Å²) >= 11 is 0. The fourth-order valence-corrected chi connectivity index (χ4v) is 2.19. The molecule has 2 aromatic carbocycles. The van der Waals surface area contributed by atoms with Crippen LogP contribution in [0.15, 0.2) is 47.5 Å². The summed E-state index contributed by atoms with van der Waals surface area (Å²) in [6.45, 7) is 7.00. The van der Waals surface area contributed by atoms with Crippen LogP contribution in [0, 0.1) is 20.8 Å². The molecule has 0 fully saturated rings. The largest absolute Gasteiger partial charge is 0.370 e. The second-order valence-electron chi connectivity index (χ2n) is 5.37. The highest BCUT2D eigenvalue weighted by Gasteiger charge is 1.99. The van der Waals surface area contributed by atoms with Crippen molar-refractivity contribution in [2.45, 2.75) is 27.2 Å². The molecule has 0 spiro atoms. The molecule has 2 aromatic rings. The number of hydrogen-bond donors (Lipinski definition) is 2. The van der Waals surface area contributed by atoms with Crippen molar-refractivity contribution in [1.29, 1.82) is 0 Å². The van der Waals surface area contributed by atoms with Gasteiger partial charge in [0.2, 0.25) is 0 Å². The van der Waals surface area contributed by atoms with Crippen LogP contribution in [-0.2, 0) is 6.42 Å². The van der Waals surface area contributed by atoms with Crippen LogP contribution in [0.5, 0.6) is 0 Å². The minimum absolute atomic E-state index is 0. The third-order valence-corrected chi connectivity index (χ3v) is 3.70. The summed E-state index contributed by atoms with van der Waals surface area (Å²) in [4.78, 5) is 4.39. The Bertz CT molecular complexity index is 651. The Morgan fingerprint density at radius 1 is 1.00 bits per heavy atom. The van der Waals surface area contributed by atoms with Gasteiger partial charge in [0, 0.05) is 12.2 Å². The van der Waals surface area contributed by atoms with Crippen LogP contribution in [0.1, 0.15) is 22.3 Å². The lowest BCUT2D eigenvalue weighted by molar-refractivity contribution is 0.954. The first-order valence-corrected chi connectivity index (χ1v) is 7.25. The SMILES string of the molecule is Cc1ccc(NC(N)=NCCc2ccccc2C)cc1C.I. The molecule has 0 saturated carbocycles. The summed E-state index contributed by atoms with van der Waals surface area (Å²) in [7, 11) is 0. The summed E-state index contributed by atoms with van der Waals surface area (Å²) < 4.78 is 0. The zero-order chi connectivity index (χ0) is 15.2. The third kappa shape index (κ3) is 5.33. The molecule has 3 N–H and O–H groups in total. The summed E-state index contributed by atoms with van der Waals surface area (Å²) in [5.41, 5.74) is 12.1. The molecule has 0 atom stereocenters. The van der Waals surface area contributed by atoms with Crippen molar-refractivity contribution in [3.63, 3.8) is 0 Å². The summed E-state index contributed by atoms with van der Waals surface area (Å²) in [6.07, 6.45) is 0.905. The van der Waals surface area contributed by atoms with Crippen molar-refractivity contribution in [2.24, 2.45) is 10.7 Å². The normalized spacial score (nSPS) is 11.0. The molecular formula is C18H24IN3. The Balaban J connectivity index is 0.00000242. The number of nitrogens with one attached hydrogen (secondary N) is 1. The van der Waals surface area contributed by atoms with Gasteiger partial charge in [-0.1, -0.05) is 30.3 Å². The molecule has 3 nitrogen and oxygen atoms in total. The van der Waals surface area contributed by atoms with Crippen LogP contribution < -0.4 is 11.1 Å². The lowest BCUT2D eigenvalue weighted by Crippen LogP contribution is -2.23. The van der Waals surface area contributed by atoms with E-state index in [1.165, 1.54) is 22.3 Å². The summed E-state index contributed by atoms with van der Waals surface area (Å²) in [5.74, 6) is 0.465. The molecule has 0 amide bonds. The molecule has 0 aliphatic rings. The van der Waals surface area contributed by atoms with E-state index in [1.54, 1.807) is 0 Å². The maximum absolute atomic E-state index is 5.93. The Labute approximate surface area is 150 Å². The fourth-order valence-electron chi connectivity index (χ4n) is 2.19. The number of aliphatic imine (C=N–C) groups is 1. The fraction of sp³-hybridized carbons (Fsp3) is 0.278. The Morgan fingerprint density at radius 2 is 1.73 bits per heavy atom. The van der Waals surface area contributed by atoms with Crippen molar-refractivity contribution in [3.8, 4) is 0 Å². The maximum Gasteiger partial charge on any atom is 0.193 e. The predicted octanol–water partition coefficient (Wildman–Crippen LogP) is 4.20. The second-order valence-corrected chi connectivity index (χ2v) is 5.37. The van der Waals surface area contributed by atoms with Gasteiger partial charge in [0.05, 0.1) is 0 Å². The lowest BCUT2D eigenvalue weighted by Gasteiger charge is -2.08. The average Bonchev–Trinajstić information content (AvgIpc) is 2.45. The van der Waals surface area contributed by atoms with Gasteiger partial charge in [-0.2, -0.15) is 0 Å². The summed E-state index contributed by atoms with van der Waals surface area (Å²) in [6, 6.07) is 14.6. The van der Waals surface area contributed by atoms with Crippen LogP contribution in [0.4, 0.5) is 5.69 Å². The van der Waals surface area contributed by atoms with Crippen molar-refractivity contribution < 1.29 is 0 Å². The average molecular weight is 409 g/mol. The van der Waals surface area contributed by atoms with E-state index >= 15 is 0 Å². The van der Waals surface area contributed by atoms with Gasteiger partial charge in [-0.05, 0) is 61.6 Å². The van der Waals surface area contributed by atoms with E-state index < -0.39 is 0 Å². The number of anilines is 1. The molecule has 0 aliphatic carbocycles. The number of nitrogens with zero attached hydrogens (tertiary/aromatic N) is 1. The molecule has 118 valence electrons. The van der Waals surface area contributed by atoms with Gasteiger partial charge < -0.3 is 11.1 Å². The third-order valence-electron chi connectivity index (χ3n) is 3.70. The second kappa shape index (κ2) is 8.78. The van der Waals surface area contributed by atoms with E-state index in [9.17, 15) is 0 Å². The quantitative estimate of drug-likeness (QED) is 0.452. The molecule has 0 radical (unpaired) electrons. The molecule has 4 heteroatoms. The van der Waals surface area contributed by atoms with Gasteiger partial charge in [-0.25, -0.2) is 0 Å². The number of hydrogen-bond acceptors (Lipinski definition) is 1. The standard InChI is InChI=1S/C18H23N3.HI/c1-13-8-9-17(12-15(13)3)21-18(19)20-11-10-16-7-5-4-6-14(16)2;/h4-9,12H,10-11H2,1-3H3,(H3,19,20,21);1H. The lowest BCUT2D eigenvalue weighted by atomic mass is 10.1. The number of halogens is 1. The molecule has 0 saturated heterocycles. The molecule has 2 rings (SSSR count). The molecule has 0 aromatic heterocycles. The van der Waals surface area contributed by atoms with Crippen LogP contribution in [0.3, 0.4) is 0 Å². The van der Waals surface area contributed by atoms with Crippen molar-refractivity contribution >= 4 is 35.6 Å². The van der Waals surface area contributed by atoms with E-state index in [2.05, 4.69) is 67.5 Å².